The lowest BCUT2D eigenvalue weighted by atomic mass is 10.4. The third-order valence-corrected chi connectivity index (χ3v) is 2.45. The molecule has 1 amide bonds. The van der Waals surface area contributed by atoms with Gasteiger partial charge in [0.1, 0.15) is 0 Å². The van der Waals surface area contributed by atoms with Crippen LogP contribution in [0, 0.1) is 0 Å². The number of anilines is 1. The Labute approximate surface area is 93.9 Å². The Kier molecular flexibility index (Phi) is 3.31. The van der Waals surface area contributed by atoms with Crippen LogP contribution in [0.4, 0.5) is 5.95 Å². The van der Waals surface area contributed by atoms with Crippen molar-refractivity contribution in [3.63, 3.8) is 0 Å². The average molecular weight is 221 g/mol. The van der Waals surface area contributed by atoms with Gasteiger partial charge >= 0.3 is 0 Å². The lowest BCUT2D eigenvalue weighted by molar-refractivity contribution is -0.119. The van der Waals surface area contributed by atoms with E-state index in [9.17, 15) is 4.79 Å². The van der Waals surface area contributed by atoms with Gasteiger partial charge in [-0.1, -0.05) is 0 Å². The SMILES string of the molecule is NCc1ccnc(N2CCCNC(=O)C2)n1. The van der Waals surface area contributed by atoms with Gasteiger partial charge in [-0.25, -0.2) is 9.97 Å². The minimum Gasteiger partial charge on any atom is -0.354 e. The van der Waals surface area contributed by atoms with Crippen molar-refractivity contribution in [2.45, 2.75) is 13.0 Å². The first-order valence-electron chi connectivity index (χ1n) is 5.33. The van der Waals surface area contributed by atoms with Crippen molar-refractivity contribution < 1.29 is 4.79 Å². The molecule has 86 valence electrons. The molecular formula is C10H15N5O. The molecule has 0 bridgehead atoms. The van der Waals surface area contributed by atoms with Crippen LogP contribution in [-0.4, -0.2) is 35.5 Å². The smallest absolute Gasteiger partial charge is 0.239 e. The molecule has 0 saturated carbocycles. The summed E-state index contributed by atoms with van der Waals surface area (Å²) in [5.41, 5.74) is 6.31. The zero-order valence-electron chi connectivity index (χ0n) is 9.02. The van der Waals surface area contributed by atoms with Gasteiger partial charge in [0.2, 0.25) is 11.9 Å². The van der Waals surface area contributed by atoms with Crippen molar-refractivity contribution in [2.75, 3.05) is 24.5 Å². The Hall–Kier alpha value is -1.69. The first-order valence-corrected chi connectivity index (χ1v) is 5.33. The molecule has 6 heteroatoms. The molecule has 0 spiro atoms. The minimum atomic E-state index is 0.0132. The number of aromatic nitrogens is 2. The summed E-state index contributed by atoms with van der Waals surface area (Å²) >= 11 is 0. The topological polar surface area (TPSA) is 84.1 Å². The van der Waals surface area contributed by atoms with Crippen LogP contribution >= 0.6 is 0 Å². The Morgan fingerprint density at radius 3 is 3.25 bits per heavy atom. The van der Waals surface area contributed by atoms with Gasteiger partial charge in [0.05, 0.1) is 12.2 Å². The maximum Gasteiger partial charge on any atom is 0.239 e. The van der Waals surface area contributed by atoms with E-state index < -0.39 is 0 Å². The monoisotopic (exact) mass is 221 g/mol. The van der Waals surface area contributed by atoms with Gasteiger partial charge in [0.15, 0.2) is 0 Å². The van der Waals surface area contributed by atoms with Gasteiger partial charge in [-0.15, -0.1) is 0 Å². The van der Waals surface area contributed by atoms with Crippen molar-refractivity contribution in [1.82, 2.24) is 15.3 Å². The quantitative estimate of drug-likeness (QED) is 0.687. The highest BCUT2D eigenvalue weighted by Crippen LogP contribution is 2.09. The predicted molar refractivity (Wildman–Crippen MR) is 59.8 cm³/mol. The van der Waals surface area contributed by atoms with Crippen molar-refractivity contribution in [3.05, 3.63) is 18.0 Å². The van der Waals surface area contributed by atoms with E-state index in [1.807, 2.05) is 4.90 Å². The minimum absolute atomic E-state index is 0.0132. The molecule has 1 aliphatic heterocycles. The fourth-order valence-corrected chi connectivity index (χ4v) is 1.63. The van der Waals surface area contributed by atoms with Crippen molar-refractivity contribution in [2.24, 2.45) is 5.73 Å². The summed E-state index contributed by atoms with van der Waals surface area (Å²) in [4.78, 5) is 21.7. The molecule has 1 saturated heterocycles. The van der Waals surface area contributed by atoms with Crippen molar-refractivity contribution in [1.29, 1.82) is 0 Å². The molecule has 0 unspecified atom stereocenters. The second kappa shape index (κ2) is 4.89. The standard InChI is InChI=1S/C10H15N5O/c11-6-8-2-4-13-10(14-8)15-5-1-3-12-9(16)7-15/h2,4H,1,3,5-7,11H2,(H,12,16). The molecule has 1 fully saturated rings. The molecule has 1 aromatic heterocycles. The molecular weight excluding hydrogens is 206 g/mol. The van der Waals surface area contributed by atoms with E-state index >= 15 is 0 Å². The first kappa shape index (κ1) is 10.8. The summed E-state index contributed by atoms with van der Waals surface area (Å²) < 4.78 is 0. The van der Waals surface area contributed by atoms with Crippen LogP contribution in [0.15, 0.2) is 12.3 Å². The Balaban J connectivity index is 2.17. The molecule has 1 aromatic rings. The number of hydrogen-bond donors (Lipinski definition) is 2. The fraction of sp³-hybridized carbons (Fsp3) is 0.500. The highest BCUT2D eigenvalue weighted by atomic mass is 16.2. The number of nitrogens with two attached hydrogens (primary N) is 1. The van der Waals surface area contributed by atoms with Crippen LogP contribution in [0.5, 0.6) is 0 Å². The molecule has 1 aliphatic rings. The molecule has 16 heavy (non-hydrogen) atoms. The fourth-order valence-electron chi connectivity index (χ4n) is 1.63. The number of carbonyl (C=O) groups is 1. The van der Waals surface area contributed by atoms with Crippen LogP contribution < -0.4 is 16.0 Å². The highest BCUT2D eigenvalue weighted by molar-refractivity contribution is 5.81. The largest absolute Gasteiger partial charge is 0.354 e. The van der Waals surface area contributed by atoms with Gasteiger partial charge < -0.3 is 16.0 Å². The van der Waals surface area contributed by atoms with E-state index in [-0.39, 0.29) is 5.91 Å². The Morgan fingerprint density at radius 1 is 1.56 bits per heavy atom. The third kappa shape index (κ3) is 2.46. The van der Waals surface area contributed by atoms with E-state index in [4.69, 9.17) is 5.73 Å². The van der Waals surface area contributed by atoms with Crippen LogP contribution in [0.1, 0.15) is 12.1 Å². The maximum absolute atomic E-state index is 11.4. The van der Waals surface area contributed by atoms with E-state index in [1.165, 1.54) is 0 Å². The van der Waals surface area contributed by atoms with E-state index in [2.05, 4.69) is 15.3 Å². The van der Waals surface area contributed by atoms with E-state index in [0.29, 0.717) is 25.6 Å². The Morgan fingerprint density at radius 2 is 2.44 bits per heavy atom. The zero-order valence-corrected chi connectivity index (χ0v) is 9.02. The van der Waals surface area contributed by atoms with Crippen LogP contribution in [0.2, 0.25) is 0 Å². The molecule has 0 aliphatic carbocycles. The van der Waals surface area contributed by atoms with Crippen molar-refractivity contribution in [3.8, 4) is 0 Å². The molecule has 0 radical (unpaired) electrons. The molecule has 0 aromatic carbocycles. The second-order valence-corrected chi connectivity index (χ2v) is 3.68. The zero-order chi connectivity index (χ0) is 11.4. The molecule has 0 atom stereocenters. The number of carbonyl (C=O) groups excluding carboxylic acids is 1. The van der Waals surface area contributed by atoms with E-state index in [1.54, 1.807) is 12.3 Å². The number of nitrogens with zero attached hydrogens (tertiary/aromatic N) is 3. The van der Waals surface area contributed by atoms with Crippen LogP contribution in [-0.2, 0) is 11.3 Å². The number of nitrogens with one attached hydrogen (secondary N) is 1. The van der Waals surface area contributed by atoms with Crippen LogP contribution in [0.25, 0.3) is 0 Å². The molecule has 6 nitrogen and oxygen atoms in total. The summed E-state index contributed by atoms with van der Waals surface area (Å²) in [5, 5.41) is 2.81. The Bertz CT molecular complexity index is 381. The molecule has 2 rings (SSSR count). The number of hydrogen-bond acceptors (Lipinski definition) is 5. The van der Waals surface area contributed by atoms with Crippen LogP contribution in [0.3, 0.4) is 0 Å². The lowest BCUT2D eigenvalue weighted by Gasteiger charge is -2.18. The van der Waals surface area contributed by atoms with Gasteiger partial charge in [0.25, 0.3) is 0 Å². The first-order chi connectivity index (χ1) is 7.79. The summed E-state index contributed by atoms with van der Waals surface area (Å²) in [5.74, 6) is 0.597. The normalized spacial score (nSPS) is 16.8. The summed E-state index contributed by atoms with van der Waals surface area (Å²) in [7, 11) is 0. The second-order valence-electron chi connectivity index (χ2n) is 3.68. The summed E-state index contributed by atoms with van der Waals surface area (Å²) in [6.07, 6.45) is 2.58. The van der Waals surface area contributed by atoms with Gasteiger partial charge in [-0.05, 0) is 12.5 Å². The summed E-state index contributed by atoms with van der Waals surface area (Å²) in [6.45, 7) is 2.20. The van der Waals surface area contributed by atoms with Gasteiger partial charge in [-0.2, -0.15) is 0 Å². The number of amides is 1. The molecule has 2 heterocycles. The average Bonchev–Trinajstić information content (AvgIpc) is 2.54. The van der Waals surface area contributed by atoms with Gasteiger partial charge in [0, 0.05) is 25.8 Å². The highest BCUT2D eigenvalue weighted by Gasteiger charge is 2.16. The van der Waals surface area contributed by atoms with E-state index in [0.717, 1.165) is 18.7 Å². The maximum atomic E-state index is 11.4. The number of rotatable bonds is 2. The molecule has 3 N–H and O–H groups in total. The van der Waals surface area contributed by atoms with Crippen molar-refractivity contribution >= 4 is 11.9 Å². The lowest BCUT2D eigenvalue weighted by Crippen LogP contribution is -2.34. The predicted octanol–water partition coefficient (Wildman–Crippen LogP) is -0.738. The van der Waals surface area contributed by atoms with Gasteiger partial charge in [-0.3, -0.25) is 4.79 Å². The summed E-state index contributed by atoms with van der Waals surface area (Å²) in [6, 6.07) is 1.78. The third-order valence-electron chi connectivity index (χ3n) is 2.45.